The summed E-state index contributed by atoms with van der Waals surface area (Å²) >= 11 is 2.94. The van der Waals surface area contributed by atoms with Crippen molar-refractivity contribution in [3.05, 3.63) is 43.0 Å². The van der Waals surface area contributed by atoms with E-state index in [0.29, 0.717) is 0 Å². The third-order valence-corrected chi connectivity index (χ3v) is 1.67. The molecule has 1 aromatic heterocycles. The van der Waals surface area contributed by atoms with Gasteiger partial charge in [-0.3, -0.25) is 0 Å². The first-order valence-electron chi connectivity index (χ1n) is 4.19. The Kier molecular flexibility index (Phi) is 4.32. The number of hydrogen-bond acceptors (Lipinski definition) is 1. The van der Waals surface area contributed by atoms with Gasteiger partial charge in [-0.25, -0.2) is 4.57 Å². The summed E-state index contributed by atoms with van der Waals surface area (Å²) in [4.78, 5) is 0. The molecule has 0 unspecified atom stereocenters. The van der Waals surface area contributed by atoms with Gasteiger partial charge < -0.3 is 0 Å². The lowest BCUT2D eigenvalue weighted by atomic mass is 10.3. The molecule has 0 atom stereocenters. The van der Waals surface area contributed by atoms with Crippen LogP contribution in [-0.4, -0.2) is 15.6 Å². The summed E-state index contributed by atoms with van der Waals surface area (Å²) in [5, 5.41) is 4.17. The number of rotatable bonds is 1. The lowest BCUT2D eigenvalue weighted by Crippen LogP contribution is -2.23. The molecule has 0 aliphatic rings. The van der Waals surface area contributed by atoms with E-state index in [-0.39, 0.29) is 0 Å². The monoisotopic (exact) mass is 254 g/mol. The van der Waals surface area contributed by atoms with Gasteiger partial charge in [0.25, 0.3) is 6.33 Å². The third-order valence-electron chi connectivity index (χ3n) is 1.67. The summed E-state index contributed by atoms with van der Waals surface area (Å²) in [6.07, 6.45) is 3.70. The molecule has 1 heterocycles. The molecule has 2 aromatic rings. The zero-order valence-electron chi connectivity index (χ0n) is 8.26. The van der Waals surface area contributed by atoms with Crippen LogP contribution >= 0.6 is 15.9 Å². The van der Waals surface area contributed by atoms with Gasteiger partial charge in [-0.1, -0.05) is 38.8 Å². The first kappa shape index (κ1) is 10.9. The molecule has 0 spiro atoms. The number of aromatic nitrogens is 3. The Labute approximate surface area is 92.1 Å². The lowest BCUT2D eigenvalue weighted by Gasteiger charge is -1.89. The first-order valence-corrected chi connectivity index (χ1v) is 5.78. The van der Waals surface area contributed by atoms with Crippen LogP contribution < -0.4 is 4.57 Å². The molecule has 0 bridgehead atoms. The largest absolute Gasteiger partial charge is 0.265 e. The van der Waals surface area contributed by atoms with Crippen molar-refractivity contribution in [1.29, 1.82) is 0 Å². The minimum atomic E-state index is 1.08. The summed E-state index contributed by atoms with van der Waals surface area (Å²) in [5.74, 6) is 1.81. The maximum atomic E-state index is 4.17. The zero-order chi connectivity index (χ0) is 10.4. The predicted octanol–water partition coefficient (Wildman–Crippen LogP) is 1.71. The molecule has 0 amide bonds. The van der Waals surface area contributed by atoms with Crippen molar-refractivity contribution >= 4 is 15.9 Å². The van der Waals surface area contributed by atoms with Crippen molar-refractivity contribution in [1.82, 2.24) is 9.78 Å². The van der Waals surface area contributed by atoms with E-state index >= 15 is 0 Å². The number of alkyl halides is 1. The van der Waals surface area contributed by atoms with Crippen LogP contribution in [-0.2, 0) is 7.05 Å². The van der Waals surface area contributed by atoms with E-state index in [9.17, 15) is 0 Å². The zero-order valence-corrected chi connectivity index (χ0v) is 9.85. The molecule has 0 saturated heterocycles. The molecule has 0 N–H and O–H groups in total. The second-order valence-electron chi connectivity index (χ2n) is 2.69. The molecule has 0 saturated carbocycles. The molecule has 0 aliphatic carbocycles. The topological polar surface area (TPSA) is 21.7 Å². The molecule has 2 rings (SSSR count). The van der Waals surface area contributed by atoms with E-state index in [1.165, 1.54) is 0 Å². The number of aryl methyl sites for hydroxylation is 1. The number of para-hydroxylation sites is 1. The van der Waals surface area contributed by atoms with Gasteiger partial charge in [0.1, 0.15) is 5.69 Å². The standard InChI is InChI=1S/C9H10N3.CH3Br/c1-11-7-10-12(8-11)9-5-3-2-4-6-9;1-2/h2-8H,1H3;1H3/q+1;. The Balaban J connectivity index is 0.000000461. The number of halogens is 1. The quantitative estimate of drug-likeness (QED) is 0.561. The van der Waals surface area contributed by atoms with E-state index in [4.69, 9.17) is 0 Å². The van der Waals surface area contributed by atoms with Crippen LogP contribution in [0, 0.1) is 0 Å². The fraction of sp³-hybridized carbons (Fsp3) is 0.200. The second-order valence-corrected chi connectivity index (χ2v) is 2.69. The maximum absolute atomic E-state index is 4.17. The summed E-state index contributed by atoms with van der Waals surface area (Å²) < 4.78 is 3.74. The molecular formula is C10H13BrN3+. The fourth-order valence-electron chi connectivity index (χ4n) is 1.08. The Morgan fingerprint density at radius 3 is 2.36 bits per heavy atom. The summed E-state index contributed by atoms with van der Waals surface area (Å²) in [5.41, 5.74) is 1.08. The minimum Gasteiger partial charge on any atom is -0.240 e. The van der Waals surface area contributed by atoms with Crippen LogP contribution in [0.1, 0.15) is 0 Å². The number of nitrogens with zero attached hydrogens (tertiary/aromatic N) is 3. The van der Waals surface area contributed by atoms with Crippen molar-refractivity contribution in [2.24, 2.45) is 7.05 Å². The van der Waals surface area contributed by atoms with Gasteiger partial charge >= 0.3 is 0 Å². The van der Waals surface area contributed by atoms with E-state index in [1.54, 1.807) is 6.33 Å². The summed E-state index contributed by atoms with van der Waals surface area (Å²) in [6.45, 7) is 0. The SMILES string of the molecule is CBr.C[n+]1cnn(-c2ccccc2)c1. The molecule has 3 nitrogen and oxygen atoms in total. The first-order chi connectivity index (χ1) is 6.86. The van der Waals surface area contributed by atoms with Gasteiger partial charge in [0.15, 0.2) is 0 Å². The van der Waals surface area contributed by atoms with Crippen LogP contribution in [0.4, 0.5) is 0 Å². The maximum Gasteiger partial charge on any atom is 0.265 e. The lowest BCUT2D eigenvalue weighted by molar-refractivity contribution is -0.672. The third kappa shape index (κ3) is 2.67. The van der Waals surface area contributed by atoms with Crippen molar-refractivity contribution < 1.29 is 4.57 Å². The van der Waals surface area contributed by atoms with Gasteiger partial charge in [0.2, 0.25) is 6.33 Å². The number of benzene rings is 1. The molecule has 0 aliphatic heterocycles. The van der Waals surface area contributed by atoms with Crippen LogP contribution in [0.15, 0.2) is 43.0 Å². The highest BCUT2D eigenvalue weighted by Gasteiger charge is 2.03. The van der Waals surface area contributed by atoms with Crippen molar-refractivity contribution in [2.45, 2.75) is 0 Å². The molecule has 0 radical (unpaired) electrons. The van der Waals surface area contributed by atoms with Crippen molar-refractivity contribution in [2.75, 3.05) is 5.83 Å². The Bertz CT molecular complexity index is 370. The second kappa shape index (κ2) is 5.54. The van der Waals surface area contributed by atoms with E-state index in [2.05, 4.69) is 21.0 Å². The number of hydrogen-bond donors (Lipinski definition) is 0. The fourth-order valence-corrected chi connectivity index (χ4v) is 1.08. The molecule has 1 aromatic carbocycles. The van der Waals surface area contributed by atoms with Gasteiger partial charge in [0.05, 0.1) is 7.05 Å². The Morgan fingerprint density at radius 1 is 1.21 bits per heavy atom. The highest BCUT2D eigenvalue weighted by atomic mass is 79.9. The van der Waals surface area contributed by atoms with Crippen LogP contribution in [0.5, 0.6) is 0 Å². The normalized spacial score (nSPS) is 9.07. The summed E-state index contributed by atoms with van der Waals surface area (Å²) in [7, 11) is 1.95. The van der Waals surface area contributed by atoms with Gasteiger partial charge in [-0.15, -0.1) is 0 Å². The van der Waals surface area contributed by atoms with Crippen LogP contribution in [0.25, 0.3) is 5.69 Å². The highest BCUT2D eigenvalue weighted by Crippen LogP contribution is 2.01. The Morgan fingerprint density at radius 2 is 1.86 bits per heavy atom. The van der Waals surface area contributed by atoms with E-state index < -0.39 is 0 Å². The minimum absolute atomic E-state index is 1.08. The molecule has 14 heavy (non-hydrogen) atoms. The van der Waals surface area contributed by atoms with Gasteiger partial charge in [-0.05, 0) is 18.0 Å². The Hall–Kier alpha value is -1.16. The van der Waals surface area contributed by atoms with Crippen LogP contribution in [0.3, 0.4) is 0 Å². The molecular weight excluding hydrogens is 242 g/mol. The predicted molar refractivity (Wildman–Crippen MR) is 59.6 cm³/mol. The summed E-state index contributed by atoms with van der Waals surface area (Å²) in [6, 6.07) is 10.0. The average Bonchev–Trinajstić information content (AvgIpc) is 2.69. The van der Waals surface area contributed by atoms with Crippen LogP contribution in [0.2, 0.25) is 0 Å². The van der Waals surface area contributed by atoms with Crippen molar-refractivity contribution in [3.8, 4) is 5.69 Å². The molecule has 74 valence electrons. The van der Waals surface area contributed by atoms with Crippen molar-refractivity contribution in [3.63, 3.8) is 0 Å². The smallest absolute Gasteiger partial charge is 0.240 e. The molecule has 0 fully saturated rings. The van der Waals surface area contributed by atoms with E-state index in [0.717, 1.165) is 5.69 Å². The van der Waals surface area contributed by atoms with Gasteiger partial charge in [0, 0.05) is 5.10 Å². The van der Waals surface area contributed by atoms with E-state index in [1.807, 2.05) is 58.8 Å². The molecule has 4 heteroatoms. The highest BCUT2D eigenvalue weighted by molar-refractivity contribution is 9.08. The van der Waals surface area contributed by atoms with Gasteiger partial charge in [-0.2, -0.15) is 0 Å². The average molecular weight is 255 g/mol.